The predicted octanol–water partition coefficient (Wildman–Crippen LogP) is 4.32. The molecule has 0 atom stereocenters. The van der Waals surface area contributed by atoms with Crippen molar-refractivity contribution < 1.29 is 18.0 Å². The van der Waals surface area contributed by atoms with E-state index < -0.39 is 17.6 Å². The molecule has 0 unspecified atom stereocenters. The summed E-state index contributed by atoms with van der Waals surface area (Å²) in [5.41, 5.74) is -0.695. The van der Waals surface area contributed by atoms with Gasteiger partial charge in [0.15, 0.2) is 0 Å². The van der Waals surface area contributed by atoms with Gasteiger partial charge in [-0.3, -0.25) is 4.79 Å². The maximum atomic E-state index is 12.9. The second-order valence-corrected chi connectivity index (χ2v) is 4.86. The van der Waals surface area contributed by atoms with Crippen LogP contribution in [0.3, 0.4) is 0 Å². The zero-order valence-corrected chi connectivity index (χ0v) is 11.8. The molecule has 0 spiro atoms. The Bertz CT molecular complexity index is 455. The van der Waals surface area contributed by atoms with Gasteiger partial charge in [-0.2, -0.15) is 13.2 Å². The third kappa shape index (κ3) is 4.87. The molecular formula is C15H20F3NO. The highest BCUT2D eigenvalue weighted by Gasteiger charge is 2.35. The van der Waals surface area contributed by atoms with Crippen LogP contribution < -0.4 is 5.32 Å². The van der Waals surface area contributed by atoms with Crippen LogP contribution in [0.5, 0.6) is 0 Å². The van der Waals surface area contributed by atoms with Crippen molar-refractivity contribution in [3.05, 3.63) is 34.9 Å². The first-order chi connectivity index (χ1) is 9.36. The summed E-state index contributed by atoms with van der Waals surface area (Å²) in [6.45, 7) is 4.05. The summed E-state index contributed by atoms with van der Waals surface area (Å²) in [5.74, 6) is -0.658. The molecule has 0 saturated carbocycles. The molecule has 0 saturated heterocycles. The number of carbonyl (C=O) groups is 1. The lowest BCUT2D eigenvalue weighted by molar-refractivity contribution is -0.138. The number of benzene rings is 1. The molecule has 1 rings (SSSR count). The van der Waals surface area contributed by atoms with E-state index >= 15 is 0 Å². The van der Waals surface area contributed by atoms with Crippen LogP contribution in [-0.2, 0) is 6.18 Å². The summed E-state index contributed by atoms with van der Waals surface area (Å²) in [6.07, 6.45) is -0.622. The van der Waals surface area contributed by atoms with Crippen LogP contribution >= 0.6 is 0 Å². The topological polar surface area (TPSA) is 29.1 Å². The molecule has 0 heterocycles. The van der Waals surface area contributed by atoms with Crippen molar-refractivity contribution in [2.24, 2.45) is 0 Å². The summed E-state index contributed by atoms with van der Waals surface area (Å²) in [7, 11) is 0. The second-order valence-electron chi connectivity index (χ2n) is 4.86. The molecule has 0 bridgehead atoms. The number of amides is 1. The first-order valence-electron chi connectivity index (χ1n) is 6.82. The number of aryl methyl sites for hydroxylation is 1. The van der Waals surface area contributed by atoms with Crippen LogP contribution in [0, 0.1) is 6.92 Å². The van der Waals surface area contributed by atoms with Crippen molar-refractivity contribution in [1.29, 1.82) is 0 Å². The largest absolute Gasteiger partial charge is 0.417 e. The standard InChI is InChI=1S/C15H20F3NO/c1-3-4-5-6-9-19-14(20)12-8-7-11(2)10-13(12)15(16,17)18/h7-8,10H,3-6,9H2,1-2H3,(H,19,20). The van der Waals surface area contributed by atoms with E-state index in [1.165, 1.54) is 12.1 Å². The van der Waals surface area contributed by atoms with Crippen LogP contribution in [0.25, 0.3) is 0 Å². The monoisotopic (exact) mass is 287 g/mol. The number of carbonyl (C=O) groups excluding carboxylic acids is 1. The second kappa shape index (κ2) is 7.31. The number of alkyl halides is 3. The Morgan fingerprint density at radius 1 is 1.20 bits per heavy atom. The highest BCUT2D eigenvalue weighted by Crippen LogP contribution is 2.32. The molecule has 0 aliphatic heterocycles. The first kappa shape index (κ1) is 16.5. The van der Waals surface area contributed by atoms with Gasteiger partial charge >= 0.3 is 6.18 Å². The Balaban J connectivity index is 2.73. The van der Waals surface area contributed by atoms with E-state index in [9.17, 15) is 18.0 Å². The summed E-state index contributed by atoms with van der Waals surface area (Å²) < 4.78 is 38.7. The van der Waals surface area contributed by atoms with Crippen molar-refractivity contribution in [3.8, 4) is 0 Å². The Morgan fingerprint density at radius 3 is 2.50 bits per heavy atom. The predicted molar refractivity (Wildman–Crippen MR) is 72.7 cm³/mol. The van der Waals surface area contributed by atoms with E-state index in [-0.39, 0.29) is 5.56 Å². The van der Waals surface area contributed by atoms with Gasteiger partial charge in [-0.25, -0.2) is 0 Å². The highest BCUT2D eigenvalue weighted by molar-refractivity contribution is 5.95. The molecule has 1 aromatic rings. The van der Waals surface area contributed by atoms with Gasteiger partial charge < -0.3 is 5.32 Å². The molecule has 5 heteroatoms. The van der Waals surface area contributed by atoms with E-state index in [0.29, 0.717) is 12.1 Å². The number of rotatable bonds is 6. The number of hydrogen-bond donors (Lipinski definition) is 1. The van der Waals surface area contributed by atoms with Crippen LogP contribution in [0.15, 0.2) is 18.2 Å². The Kier molecular flexibility index (Phi) is 6.05. The van der Waals surface area contributed by atoms with Gasteiger partial charge in [0.1, 0.15) is 0 Å². The smallest absolute Gasteiger partial charge is 0.352 e. The molecule has 2 nitrogen and oxygen atoms in total. The minimum atomic E-state index is -4.51. The van der Waals surface area contributed by atoms with E-state index in [1.54, 1.807) is 6.92 Å². The molecule has 1 aromatic carbocycles. The van der Waals surface area contributed by atoms with Gasteiger partial charge in [-0.1, -0.05) is 37.8 Å². The van der Waals surface area contributed by atoms with Crippen LogP contribution in [-0.4, -0.2) is 12.5 Å². The number of nitrogens with one attached hydrogen (secondary N) is 1. The van der Waals surface area contributed by atoms with Gasteiger partial charge in [-0.05, 0) is 25.5 Å². The maximum Gasteiger partial charge on any atom is 0.417 e. The molecule has 1 amide bonds. The summed E-state index contributed by atoms with van der Waals surface area (Å²) in [6, 6.07) is 3.76. The van der Waals surface area contributed by atoms with Crippen molar-refractivity contribution in [2.45, 2.75) is 45.7 Å². The molecule has 0 aliphatic rings. The third-order valence-corrected chi connectivity index (χ3v) is 3.04. The van der Waals surface area contributed by atoms with Gasteiger partial charge in [0.05, 0.1) is 11.1 Å². The first-order valence-corrected chi connectivity index (χ1v) is 6.82. The summed E-state index contributed by atoms with van der Waals surface area (Å²) in [4.78, 5) is 11.8. The highest BCUT2D eigenvalue weighted by atomic mass is 19.4. The minimum Gasteiger partial charge on any atom is -0.352 e. The lowest BCUT2D eigenvalue weighted by Gasteiger charge is -2.13. The van der Waals surface area contributed by atoms with Gasteiger partial charge in [0.2, 0.25) is 0 Å². The zero-order chi connectivity index (χ0) is 15.2. The quantitative estimate of drug-likeness (QED) is 0.775. The normalized spacial score (nSPS) is 11.4. The van der Waals surface area contributed by atoms with Gasteiger partial charge in [0.25, 0.3) is 5.91 Å². The van der Waals surface area contributed by atoms with Crippen LogP contribution in [0.2, 0.25) is 0 Å². The van der Waals surface area contributed by atoms with Crippen molar-refractivity contribution in [1.82, 2.24) is 5.32 Å². The maximum absolute atomic E-state index is 12.9. The SMILES string of the molecule is CCCCCCNC(=O)c1ccc(C)cc1C(F)(F)F. The average molecular weight is 287 g/mol. The van der Waals surface area contributed by atoms with E-state index in [4.69, 9.17) is 0 Å². The van der Waals surface area contributed by atoms with E-state index in [1.807, 2.05) is 0 Å². The van der Waals surface area contributed by atoms with Crippen LogP contribution in [0.1, 0.15) is 54.1 Å². The third-order valence-electron chi connectivity index (χ3n) is 3.04. The summed E-state index contributed by atoms with van der Waals surface area (Å²) in [5, 5.41) is 2.55. The van der Waals surface area contributed by atoms with E-state index in [0.717, 1.165) is 31.7 Å². The lowest BCUT2D eigenvalue weighted by Crippen LogP contribution is -2.27. The molecular weight excluding hydrogens is 267 g/mol. The fraction of sp³-hybridized carbons (Fsp3) is 0.533. The minimum absolute atomic E-state index is 0.307. The molecule has 20 heavy (non-hydrogen) atoms. The molecule has 0 fully saturated rings. The molecule has 1 N–H and O–H groups in total. The fourth-order valence-electron chi connectivity index (χ4n) is 1.94. The van der Waals surface area contributed by atoms with Crippen molar-refractivity contribution in [2.75, 3.05) is 6.54 Å². The fourth-order valence-corrected chi connectivity index (χ4v) is 1.94. The molecule has 0 aromatic heterocycles. The molecule has 0 radical (unpaired) electrons. The number of hydrogen-bond acceptors (Lipinski definition) is 1. The van der Waals surface area contributed by atoms with Crippen molar-refractivity contribution in [3.63, 3.8) is 0 Å². The number of halogens is 3. The Hall–Kier alpha value is -1.52. The molecule has 0 aliphatic carbocycles. The Labute approximate surface area is 117 Å². The Morgan fingerprint density at radius 2 is 1.90 bits per heavy atom. The average Bonchev–Trinajstić information content (AvgIpc) is 2.37. The van der Waals surface area contributed by atoms with Gasteiger partial charge in [-0.15, -0.1) is 0 Å². The number of unbranched alkanes of at least 4 members (excludes halogenated alkanes) is 3. The van der Waals surface area contributed by atoms with Crippen molar-refractivity contribution >= 4 is 5.91 Å². The van der Waals surface area contributed by atoms with Gasteiger partial charge in [0, 0.05) is 6.54 Å². The van der Waals surface area contributed by atoms with E-state index in [2.05, 4.69) is 12.2 Å². The lowest BCUT2D eigenvalue weighted by atomic mass is 10.0. The van der Waals surface area contributed by atoms with Crippen LogP contribution in [0.4, 0.5) is 13.2 Å². The summed E-state index contributed by atoms with van der Waals surface area (Å²) >= 11 is 0. The molecule has 112 valence electrons. The zero-order valence-electron chi connectivity index (χ0n) is 11.8.